The summed E-state index contributed by atoms with van der Waals surface area (Å²) in [6, 6.07) is 0. The zero-order valence-corrected chi connectivity index (χ0v) is 17.6. The molecule has 0 spiro atoms. The average molecular weight is 374 g/mol. The summed E-state index contributed by atoms with van der Waals surface area (Å²) in [6.07, 6.45) is 21.7. The Labute approximate surface area is 161 Å². The van der Waals surface area contributed by atoms with Crippen molar-refractivity contribution in [2.24, 2.45) is 0 Å². The lowest BCUT2D eigenvalue weighted by Crippen LogP contribution is -2.36. The van der Waals surface area contributed by atoms with E-state index >= 15 is 0 Å². The normalized spacial score (nSPS) is 15.7. The van der Waals surface area contributed by atoms with Crippen LogP contribution in [0, 0.1) is 0 Å². The first-order valence-electron chi connectivity index (χ1n) is 10.9. The predicted molar refractivity (Wildman–Crippen MR) is 111 cm³/mol. The van der Waals surface area contributed by atoms with E-state index in [2.05, 4.69) is 4.90 Å². The summed E-state index contributed by atoms with van der Waals surface area (Å²) >= 11 is 1.49. The second kappa shape index (κ2) is 19.0. The number of hydrogen-bond acceptors (Lipinski definition) is 4. The zero-order valence-electron chi connectivity index (χ0n) is 16.8. The molecular formula is C21H43NO2S. The molecular weight excluding hydrogens is 330 g/mol. The lowest BCUT2D eigenvalue weighted by atomic mass is 10.0. The lowest BCUT2D eigenvalue weighted by molar-refractivity contribution is 0.0371. The Hall–Kier alpha value is 0.230. The van der Waals surface area contributed by atoms with Gasteiger partial charge in [0.2, 0.25) is 0 Å². The molecule has 0 radical (unpaired) electrons. The van der Waals surface area contributed by atoms with Gasteiger partial charge in [0.15, 0.2) is 0 Å². The summed E-state index contributed by atoms with van der Waals surface area (Å²) in [6.45, 7) is 6.38. The molecule has 0 bridgehead atoms. The van der Waals surface area contributed by atoms with Crippen molar-refractivity contribution >= 4 is 12.0 Å². The molecule has 1 rings (SSSR count). The molecule has 4 heteroatoms. The van der Waals surface area contributed by atoms with Gasteiger partial charge in [-0.1, -0.05) is 77.0 Å². The van der Waals surface area contributed by atoms with Crippen LogP contribution in [0.2, 0.25) is 0 Å². The number of unbranched alkanes of at least 4 members (excludes halogenated alkanes) is 13. The Morgan fingerprint density at radius 1 is 0.680 bits per heavy atom. The Balaban J connectivity index is 1.65. The molecule has 1 heterocycles. The molecule has 1 aliphatic heterocycles. The van der Waals surface area contributed by atoms with Crippen LogP contribution in [0.4, 0.5) is 0 Å². The van der Waals surface area contributed by atoms with Gasteiger partial charge in [-0.2, -0.15) is 0 Å². The minimum atomic E-state index is 0.925. The quantitative estimate of drug-likeness (QED) is 0.214. The zero-order chi connectivity index (χ0) is 17.8. The molecule has 0 aliphatic carbocycles. The first-order chi connectivity index (χ1) is 12.4. The molecule has 1 fully saturated rings. The molecule has 0 saturated carbocycles. The summed E-state index contributed by atoms with van der Waals surface area (Å²) in [5.41, 5.74) is 0. The maximum absolute atomic E-state index is 5.39. The highest BCUT2D eigenvalue weighted by atomic mass is 32.2. The second-order valence-corrected chi connectivity index (χ2v) is 7.96. The van der Waals surface area contributed by atoms with Gasteiger partial charge in [0.25, 0.3) is 0 Å². The molecule has 3 nitrogen and oxygen atoms in total. The van der Waals surface area contributed by atoms with Crippen molar-refractivity contribution in [3.8, 4) is 0 Å². The SMILES string of the molecule is CSOCCCCCCCCCCCCCCCCN1CCOCC1. The highest BCUT2D eigenvalue weighted by molar-refractivity contribution is 7.93. The monoisotopic (exact) mass is 373 g/mol. The smallest absolute Gasteiger partial charge is 0.0613 e. The number of rotatable bonds is 18. The highest BCUT2D eigenvalue weighted by Crippen LogP contribution is 2.13. The first kappa shape index (κ1) is 23.3. The third kappa shape index (κ3) is 16.1. The molecule has 1 aliphatic rings. The van der Waals surface area contributed by atoms with Crippen LogP contribution in [-0.4, -0.2) is 50.6 Å². The van der Waals surface area contributed by atoms with Gasteiger partial charge in [0.1, 0.15) is 0 Å². The molecule has 25 heavy (non-hydrogen) atoms. The third-order valence-electron chi connectivity index (χ3n) is 5.17. The predicted octanol–water partition coefficient (Wildman–Crippen LogP) is 6.07. The van der Waals surface area contributed by atoms with Crippen LogP contribution in [0.3, 0.4) is 0 Å². The van der Waals surface area contributed by atoms with Crippen molar-refractivity contribution in [3.63, 3.8) is 0 Å². The number of ether oxygens (including phenoxy) is 1. The van der Waals surface area contributed by atoms with E-state index in [0.29, 0.717) is 0 Å². The van der Waals surface area contributed by atoms with E-state index in [-0.39, 0.29) is 0 Å². The molecule has 0 aromatic heterocycles. The average Bonchev–Trinajstić information content (AvgIpc) is 2.65. The summed E-state index contributed by atoms with van der Waals surface area (Å²) in [4.78, 5) is 2.56. The van der Waals surface area contributed by atoms with Gasteiger partial charge in [0.05, 0.1) is 19.8 Å². The van der Waals surface area contributed by atoms with Crippen LogP contribution in [0.15, 0.2) is 0 Å². The summed E-state index contributed by atoms with van der Waals surface area (Å²) in [7, 11) is 0. The molecule has 1 saturated heterocycles. The van der Waals surface area contributed by atoms with E-state index in [1.165, 1.54) is 108 Å². The Bertz CT molecular complexity index is 260. The van der Waals surface area contributed by atoms with Gasteiger partial charge in [-0.05, 0) is 31.4 Å². The van der Waals surface area contributed by atoms with Gasteiger partial charge in [-0.15, -0.1) is 0 Å². The Morgan fingerprint density at radius 2 is 1.12 bits per heavy atom. The minimum absolute atomic E-state index is 0.925. The lowest BCUT2D eigenvalue weighted by Gasteiger charge is -2.26. The number of hydrogen-bond donors (Lipinski definition) is 0. The van der Waals surface area contributed by atoms with Gasteiger partial charge >= 0.3 is 0 Å². The molecule has 0 atom stereocenters. The van der Waals surface area contributed by atoms with E-state index in [0.717, 1.165) is 32.9 Å². The fourth-order valence-electron chi connectivity index (χ4n) is 3.53. The van der Waals surface area contributed by atoms with Crippen LogP contribution in [0.1, 0.15) is 89.9 Å². The maximum atomic E-state index is 5.39. The largest absolute Gasteiger partial charge is 0.379 e. The third-order valence-corrected chi connectivity index (χ3v) is 5.58. The Kier molecular flexibility index (Phi) is 17.7. The topological polar surface area (TPSA) is 21.7 Å². The summed E-state index contributed by atoms with van der Waals surface area (Å²) in [5, 5.41) is 0. The van der Waals surface area contributed by atoms with Gasteiger partial charge in [0, 0.05) is 19.3 Å². The molecule has 0 unspecified atom stereocenters. The van der Waals surface area contributed by atoms with Crippen LogP contribution in [0.25, 0.3) is 0 Å². The van der Waals surface area contributed by atoms with Gasteiger partial charge in [-0.25, -0.2) is 0 Å². The summed E-state index contributed by atoms with van der Waals surface area (Å²) in [5.74, 6) is 0. The maximum Gasteiger partial charge on any atom is 0.0613 e. The molecule has 0 amide bonds. The molecule has 0 aromatic rings. The number of morpholine rings is 1. The fourth-order valence-corrected chi connectivity index (χ4v) is 3.81. The van der Waals surface area contributed by atoms with Crippen LogP contribution in [-0.2, 0) is 8.92 Å². The van der Waals surface area contributed by atoms with Gasteiger partial charge in [-0.3, -0.25) is 4.90 Å². The molecule has 0 aromatic carbocycles. The van der Waals surface area contributed by atoms with Crippen molar-refractivity contribution in [1.82, 2.24) is 4.90 Å². The minimum Gasteiger partial charge on any atom is -0.379 e. The number of nitrogens with zero attached hydrogens (tertiary/aromatic N) is 1. The van der Waals surface area contributed by atoms with Crippen molar-refractivity contribution in [1.29, 1.82) is 0 Å². The highest BCUT2D eigenvalue weighted by Gasteiger charge is 2.08. The van der Waals surface area contributed by atoms with E-state index < -0.39 is 0 Å². The van der Waals surface area contributed by atoms with Crippen molar-refractivity contribution in [3.05, 3.63) is 0 Å². The van der Waals surface area contributed by atoms with Crippen LogP contribution in [0.5, 0.6) is 0 Å². The van der Waals surface area contributed by atoms with E-state index in [1.54, 1.807) is 0 Å². The fraction of sp³-hybridized carbons (Fsp3) is 1.00. The standard InChI is InChI=1S/C21H43NO2S/c1-25-24-19-15-13-11-9-7-5-3-2-4-6-8-10-12-14-16-22-17-20-23-21-18-22/h2-21H2,1H3. The van der Waals surface area contributed by atoms with Gasteiger partial charge < -0.3 is 8.92 Å². The molecule has 150 valence electrons. The summed E-state index contributed by atoms with van der Waals surface area (Å²) < 4.78 is 10.7. The van der Waals surface area contributed by atoms with Crippen molar-refractivity contribution in [2.45, 2.75) is 89.9 Å². The van der Waals surface area contributed by atoms with Crippen molar-refractivity contribution < 1.29 is 8.92 Å². The van der Waals surface area contributed by atoms with E-state index in [4.69, 9.17) is 8.92 Å². The second-order valence-electron chi connectivity index (χ2n) is 7.39. The van der Waals surface area contributed by atoms with Crippen LogP contribution < -0.4 is 0 Å². The Morgan fingerprint density at radius 3 is 1.60 bits per heavy atom. The van der Waals surface area contributed by atoms with Crippen LogP contribution >= 0.6 is 12.0 Å². The van der Waals surface area contributed by atoms with Crippen molar-refractivity contribution in [2.75, 3.05) is 45.7 Å². The molecule has 0 N–H and O–H groups in total. The van der Waals surface area contributed by atoms with E-state index in [9.17, 15) is 0 Å². The van der Waals surface area contributed by atoms with E-state index in [1.807, 2.05) is 6.26 Å². The first-order valence-corrected chi connectivity index (χ1v) is 12.0.